The number of carboxylic acids is 1. The first-order chi connectivity index (χ1) is 14.6. The molecule has 2 rings (SSSR count). The lowest BCUT2D eigenvalue weighted by molar-refractivity contribution is -0.132. The fourth-order valence-electron chi connectivity index (χ4n) is 4.44. The van der Waals surface area contributed by atoms with Crippen molar-refractivity contribution in [3.8, 4) is 0 Å². The van der Waals surface area contributed by atoms with Gasteiger partial charge >= 0.3 is 5.97 Å². The molecule has 31 heavy (non-hydrogen) atoms. The predicted octanol–water partition coefficient (Wildman–Crippen LogP) is 5.59. The van der Waals surface area contributed by atoms with Crippen LogP contribution >= 0.6 is 0 Å². The molecule has 1 aromatic rings. The van der Waals surface area contributed by atoms with E-state index in [1.54, 1.807) is 24.8 Å². The van der Waals surface area contributed by atoms with Gasteiger partial charge in [0.15, 0.2) is 17.5 Å². The van der Waals surface area contributed by atoms with Crippen LogP contribution in [0.3, 0.4) is 0 Å². The standard InChI is InChI=1S/C24H30F3NO3/c1-5-10-28(11-6-2)22(29)15-12-16(23(30)31)14-24(4,13-15)18(7-3)17-8-9-19(25)21(27)20(17)26/h8-9,13-14,18H,5-7,10-12H2,1-4H3,(H,30,31). The van der Waals surface area contributed by atoms with Gasteiger partial charge in [0, 0.05) is 36.1 Å². The average Bonchev–Trinajstić information content (AvgIpc) is 2.73. The number of halogens is 3. The van der Waals surface area contributed by atoms with Crippen molar-refractivity contribution in [1.29, 1.82) is 0 Å². The molecular formula is C24H30F3NO3. The van der Waals surface area contributed by atoms with Crippen LogP contribution in [0.2, 0.25) is 0 Å². The van der Waals surface area contributed by atoms with Crippen LogP contribution in [-0.4, -0.2) is 35.0 Å². The Hall–Kier alpha value is -2.57. The lowest BCUT2D eigenvalue weighted by Gasteiger charge is -2.37. The Morgan fingerprint density at radius 2 is 1.61 bits per heavy atom. The SMILES string of the molecule is CCCN(CCC)C(=O)C1=CC(C)(C(CC)c2ccc(F)c(F)c2F)C=C(C(=O)O)C1. The molecule has 4 nitrogen and oxygen atoms in total. The van der Waals surface area contributed by atoms with E-state index in [1.807, 2.05) is 13.8 Å². The van der Waals surface area contributed by atoms with Gasteiger partial charge < -0.3 is 10.0 Å². The second-order valence-electron chi connectivity index (χ2n) is 8.20. The summed E-state index contributed by atoms with van der Waals surface area (Å²) in [7, 11) is 0. The molecule has 1 N–H and O–H groups in total. The van der Waals surface area contributed by atoms with Crippen LogP contribution in [0.1, 0.15) is 64.9 Å². The monoisotopic (exact) mass is 437 g/mol. The third-order valence-corrected chi connectivity index (χ3v) is 5.77. The zero-order chi connectivity index (χ0) is 23.3. The molecule has 0 fully saturated rings. The van der Waals surface area contributed by atoms with E-state index in [0.717, 1.165) is 18.9 Å². The molecule has 1 aromatic carbocycles. The molecule has 1 aliphatic rings. The van der Waals surface area contributed by atoms with E-state index in [0.29, 0.717) is 25.1 Å². The molecule has 1 aliphatic carbocycles. The first kappa shape index (κ1) is 24.7. The van der Waals surface area contributed by atoms with Crippen molar-refractivity contribution in [3.63, 3.8) is 0 Å². The highest BCUT2D eigenvalue weighted by molar-refractivity contribution is 5.98. The molecule has 0 aliphatic heterocycles. The van der Waals surface area contributed by atoms with Crippen molar-refractivity contribution in [1.82, 2.24) is 4.90 Å². The van der Waals surface area contributed by atoms with E-state index in [4.69, 9.17) is 0 Å². The maximum atomic E-state index is 14.6. The third-order valence-electron chi connectivity index (χ3n) is 5.77. The van der Waals surface area contributed by atoms with Gasteiger partial charge in [0.25, 0.3) is 0 Å². The number of nitrogens with zero attached hydrogens (tertiary/aromatic N) is 1. The summed E-state index contributed by atoms with van der Waals surface area (Å²) in [5.74, 6) is -6.23. The van der Waals surface area contributed by atoms with Gasteiger partial charge in [0.2, 0.25) is 5.91 Å². The smallest absolute Gasteiger partial charge is 0.331 e. The number of aliphatic carboxylic acids is 1. The third kappa shape index (κ3) is 5.20. The van der Waals surface area contributed by atoms with Crippen molar-refractivity contribution in [3.05, 3.63) is 58.4 Å². The summed E-state index contributed by atoms with van der Waals surface area (Å²) in [5.41, 5.74) is -0.761. The number of carbonyl (C=O) groups excluding carboxylic acids is 1. The molecular weight excluding hydrogens is 407 g/mol. The fourth-order valence-corrected chi connectivity index (χ4v) is 4.44. The Balaban J connectivity index is 2.60. The second kappa shape index (κ2) is 10.2. The van der Waals surface area contributed by atoms with Crippen LogP contribution in [0.25, 0.3) is 0 Å². The maximum absolute atomic E-state index is 14.6. The molecule has 0 saturated carbocycles. The number of carboxylic acid groups (broad SMARTS) is 1. The zero-order valence-corrected chi connectivity index (χ0v) is 18.5. The Morgan fingerprint density at radius 1 is 1.03 bits per heavy atom. The van der Waals surface area contributed by atoms with Crippen molar-refractivity contribution in [2.24, 2.45) is 5.41 Å². The molecule has 170 valence electrons. The largest absolute Gasteiger partial charge is 0.478 e. The fraction of sp³-hybridized carbons (Fsp3) is 0.500. The highest BCUT2D eigenvalue weighted by Gasteiger charge is 2.39. The number of allylic oxidation sites excluding steroid dienone is 2. The van der Waals surface area contributed by atoms with Gasteiger partial charge in [-0.1, -0.05) is 45.9 Å². The van der Waals surface area contributed by atoms with Crippen LogP contribution in [0.15, 0.2) is 35.4 Å². The number of benzene rings is 1. The molecule has 0 saturated heterocycles. The number of hydrogen-bond donors (Lipinski definition) is 1. The van der Waals surface area contributed by atoms with Gasteiger partial charge in [-0.3, -0.25) is 4.79 Å². The Morgan fingerprint density at radius 3 is 2.13 bits per heavy atom. The van der Waals surface area contributed by atoms with Crippen LogP contribution < -0.4 is 0 Å². The van der Waals surface area contributed by atoms with Gasteiger partial charge in [-0.05, 0) is 36.8 Å². The van der Waals surface area contributed by atoms with E-state index in [1.165, 1.54) is 12.1 Å². The van der Waals surface area contributed by atoms with Gasteiger partial charge in [-0.25, -0.2) is 18.0 Å². The van der Waals surface area contributed by atoms with Crippen LogP contribution in [-0.2, 0) is 9.59 Å². The lowest BCUT2D eigenvalue weighted by Crippen LogP contribution is -2.36. The van der Waals surface area contributed by atoms with Crippen LogP contribution in [0, 0.1) is 22.9 Å². The Kier molecular flexibility index (Phi) is 8.09. The zero-order valence-electron chi connectivity index (χ0n) is 18.5. The number of amides is 1. The molecule has 0 spiro atoms. The highest BCUT2D eigenvalue weighted by atomic mass is 19.2. The van der Waals surface area contributed by atoms with Crippen LogP contribution in [0.5, 0.6) is 0 Å². The summed E-state index contributed by atoms with van der Waals surface area (Å²) in [6, 6.07) is 2.05. The van der Waals surface area contributed by atoms with E-state index >= 15 is 0 Å². The maximum Gasteiger partial charge on any atom is 0.331 e. The lowest BCUT2D eigenvalue weighted by atomic mass is 9.67. The average molecular weight is 438 g/mol. The van der Waals surface area contributed by atoms with Crippen molar-refractivity contribution in [2.45, 2.75) is 59.3 Å². The summed E-state index contributed by atoms with van der Waals surface area (Å²) in [6.45, 7) is 8.45. The minimum Gasteiger partial charge on any atom is -0.478 e. The van der Waals surface area contributed by atoms with Gasteiger partial charge in [0.1, 0.15) is 0 Å². The number of hydrogen-bond acceptors (Lipinski definition) is 2. The van der Waals surface area contributed by atoms with Crippen molar-refractivity contribution < 1.29 is 27.9 Å². The summed E-state index contributed by atoms with van der Waals surface area (Å²) in [4.78, 5) is 26.7. The predicted molar refractivity (Wildman–Crippen MR) is 113 cm³/mol. The summed E-state index contributed by atoms with van der Waals surface area (Å²) in [6.07, 6.45) is 4.99. The minimum absolute atomic E-state index is 0.0303. The number of rotatable bonds is 9. The molecule has 7 heteroatoms. The second-order valence-corrected chi connectivity index (χ2v) is 8.20. The normalized spacial score (nSPS) is 19.5. The molecule has 0 aromatic heterocycles. The molecule has 1 amide bonds. The minimum atomic E-state index is -1.56. The van der Waals surface area contributed by atoms with Crippen molar-refractivity contribution in [2.75, 3.05) is 13.1 Å². The van der Waals surface area contributed by atoms with E-state index in [2.05, 4.69) is 0 Å². The molecule has 2 unspecified atom stereocenters. The summed E-state index contributed by atoms with van der Waals surface area (Å²) >= 11 is 0. The topological polar surface area (TPSA) is 57.6 Å². The van der Waals surface area contributed by atoms with Crippen molar-refractivity contribution >= 4 is 11.9 Å². The van der Waals surface area contributed by atoms with Gasteiger partial charge in [-0.15, -0.1) is 0 Å². The molecule has 2 atom stereocenters. The quantitative estimate of drug-likeness (QED) is 0.512. The molecule has 0 radical (unpaired) electrons. The Labute approximate surface area is 181 Å². The molecule has 0 bridgehead atoms. The summed E-state index contributed by atoms with van der Waals surface area (Å²) < 4.78 is 42.0. The summed E-state index contributed by atoms with van der Waals surface area (Å²) in [5, 5.41) is 9.67. The van der Waals surface area contributed by atoms with Crippen LogP contribution in [0.4, 0.5) is 13.2 Å². The highest BCUT2D eigenvalue weighted by Crippen LogP contribution is 2.46. The Bertz CT molecular complexity index is 904. The van der Waals surface area contributed by atoms with E-state index in [-0.39, 0.29) is 23.5 Å². The van der Waals surface area contributed by atoms with E-state index < -0.39 is 34.8 Å². The first-order valence-corrected chi connectivity index (χ1v) is 10.7. The molecule has 0 heterocycles. The first-order valence-electron chi connectivity index (χ1n) is 10.7. The van der Waals surface area contributed by atoms with E-state index in [9.17, 15) is 27.9 Å². The number of carbonyl (C=O) groups is 2. The van der Waals surface area contributed by atoms with Gasteiger partial charge in [-0.2, -0.15) is 0 Å². The van der Waals surface area contributed by atoms with Gasteiger partial charge in [0.05, 0.1) is 0 Å².